The SMILES string of the molecule is CCNCc1cccc(CN2CCCC3CCCCC32)n1. The minimum atomic E-state index is 0.826. The van der Waals surface area contributed by atoms with Crippen LogP contribution in [0.5, 0.6) is 0 Å². The van der Waals surface area contributed by atoms with E-state index in [0.29, 0.717) is 0 Å². The summed E-state index contributed by atoms with van der Waals surface area (Å²) in [5.41, 5.74) is 2.42. The molecule has 3 heteroatoms. The van der Waals surface area contributed by atoms with E-state index in [1.165, 1.54) is 56.5 Å². The van der Waals surface area contributed by atoms with Gasteiger partial charge in [0, 0.05) is 19.1 Å². The molecule has 1 aromatic rings. The van der Waals surface area contributed by atoms with Crippen LogP contribution in [0.25, 0.3) is 0 Å². The number of rotatable bonds is 5. The molecule has 1 aromatic heterocycles. The molecule has 1 aliphatic heterocycles. The molecular weight excluding hydrogens is 258 g/mol. The monoisotopic (exact) mass is 287 g/mol. The molecule has 1 N–H and O–H groups in total. The Kier molecular flexibility index (Phi) is 5.26. The van der Waals surface area contributed by atoms with Gasteiger partial charge in [-0.1, -0.05) is 25.8 Å². The first kappa shape index (κ1) is 15.0. The lowest BCUT2D eigenvalue weighted by atomic mass is 9.78. The van der Waals surface area contributed by atoms with Crippen molar-refractivity contribution in [3.8, 4) is 0 Å². The maximum atomic E-state index is 4.84. The molecule has 1 saturated carbocycles. The quantitative estimate of drug-likeness (QED) is 0.900. The number of likely N-dealkylation sites (tertiary alicyclic amines) is 1. The van der Waals surface area contributed by atoms with Crippen LogP contribution in [-0.2, 0) is 13.1 Å². The minimum Gasteiger partial charge on any atom is -0.311 e. The minimum absolute atomic E-state index is 0.826. The van der Waals surface area contributed by atoms with E-state index in [1.807, 2.05) is 0 Å². The second kappa shape index (κ2) is 7.37. The van der Waals surface area contributed by atoms with Crippen molar-refractivity contribution < 1.29 is 0 Å². The van der Waals surface area contributed by atoms with Gasteiger partial charge in [-0.2, -0.15) is 0 Å². The van der Waals surface area contributed by atoms with Crippen molar-refractivity contribution in [2.45, 2.75) is 64.6 Å². The normalized spacial score (nSPS) is 26.5. The van der Waals surface area contributed by atoms with Crippen molar-refractivity contribution in [2.24, 2.45) is 5.92 Å². The third-order valence-electron chi connectivity index (χ3n) is 5.14. The molecule has 2 fully saturated rings. The Morgan fingerprint density at radius 1 is 1.14 bits per heavy atom. The fraction of sp³-hybridized carbons (Fsp3) is 0.722. The average Bonchev–Trinajstić information content (AvgIpc) is 2.54. The zero-order valence-corrected chi connectivity index (χ0v) is 13.4. The number of aromatic nitrogens is 1. The molecule has 3 nitrogen and oxygen atoms in total. The second-order valence-corrected chi connectivity index (χ2v) is 6.63. The Bertz CT molecular complexity index is 444. The molecule has 0 spiro atoms. The summed E-state index contributed by atoms with van der Waals surface area (Å²) in [5, 5.41) is 3.36. The summed E-state index contributed by atoms with van der Waals surface area (Å²) in [5.74, 6) is 0.956. The highest BCUT2D eigenvalue weighted by atomic mass is 15.2. The standard InChI is InChI=1S/C18H29N3/c1-2-19-13-16-9-5-10-17(20-16)14-21-12-6-8-15-7-3-4-11-18(15)21/h5,9-10,15,18-19H,2-4,6-8,11-14H2,1H3. The third-order valence-corrected chi connectivity index (χ3v) is 5.14. The highest BCUT2D eigenvalue weighted by Crippen LogP contribution is 2.35. The van der Waals surface area contributed by atoms with Crippen molar-refractivity contribution >= 4 is 0 Å². The number of nitrogens with zero attached hydrogens (tertiary/aromatic N) is 2. The van der Waals surface area contributed by atoms with Crippen LogP contribution in [0.3, 0.4) is 0 Å². The average molecular weight is 287 g/mol. The number of fused-ring (bicyclic) bond motifs is 1. The van der Waals surface area contributed by atoms with Crippen LogP contribution in [0, 0.1) is 5.92 Å². The Labute approximate surface area is 129 Å². The van der Waals surface area contributed by atoms with Gasteiger partial charge >= 0.3 is 0 Å². The van der Waals surface area contributed by atoms with E-state index in [1.54, 1.807) is 0 Å². The fourth-order valence-electron chi connectivity index (χ4n) is 4.10. The third kappa shape index (κ3) is 3.83. The summed E-state index contributed by atoms with van der Waals surface area (Å²) in [6.07, 6.45) is 8.56. The van der Waals surface area contributed by atoms with Gasteiger partial charge in [0.05, 0.1) is 11.4 Å². The van der Waals surface area contributed by atoms with Crippen molar-refractivity contribution in [1.29, 1.82) is 0 Å². The van der Waals surface area contributed by atoms with Gasteiger partial charge in [0.15, 0.2) is 0 Å². The first-order chi connectivity index (χ1) is 10.4. The largest absolute Gasteiger partial charge is 0.311 e. The zero-order valence-electron chi connectivity index (χ0n) is 13.4. The number of hydrogen-bond donors (Lipinski definition) is 1. The lowest BCUT2D eigenvalue weighted by molar-refractivity contribution is 0.0537. The number of piperidine rings is 1. The van der Waals surface area contributed by atoms with E-state index in [2.05, 4.69) is 35.3 Å². The van der Waals surface area contributed by atoms with Crippen molar-refractivity contribution in [2.75, 3.05) is 13.1 Å². The summed E-state index contributed by atoms with van der Waals surface area (Å²) in [6.45, 7) is 6.33. The van der Waals surface area contributed by atoms with E-state index in [4.69, 9.17) is 4.98 Å². The first-order valence-corrected chi connectivity index (χ1v) is 8.76. The maximum Gasteiger partial charge on any atom is 0.0547 e. The van der Waals surface area contributed by atoms with Crippen LogP contribution in [0.2, 0.25) is 0 Å². The van der Waals surface area contributed by atoms with Crippen molar-refractivity contribution in [3.05, 3.63) is 29.6 Å². The maximum absolute atomic E-state index is 4.84. The number of hydrogen-bond acceptors (Lipinski definition) is 3. The highest BCUT2D eigenvalue weighted by Gasteiger charge is 2.33. The number of pyridine rings is 1. The molecular formula is C18H29N3. The van der Waals surface area contributed by atoms with E-state index in [0.717, 1.165) is 31.6 Å². The topological polar surface area (TPSA) is 28.2 Å². The molecule has 116 valence electrons. The molecule has 0 bridgehead atoms. The summed E-state index contributed by atoms with van der Waals surface area (Å²) in [6, 6.07) is 7.32. The van der Waals surface area contributed by atoms with Crippen molar-refractivity contribution in [3.63, 3.8) is 0 Å². The molecule has 0 radical (unpaired) electrons. The molecule has 2 aliphatic rings. The molecule has 2 atom stereocenters. The fourth-order valence-corrected chi connectivity index (χ4v) is 4.10. The summed E-state index contributed by atoms with van der Waals surface area (Å²) >= 11 is 0. The summed E-state index contributed by atoms with van der Waals surface area (Å²) in [7, 11) is 0. The van der Waals surface area contributed by atoms with Gasteiger partial charge in [-0.25, -0.2) is 0 Å². The van der Waals surface area contributed by atoms with Crippen LogP contribution in [0.1, 0.15) is 56.8 Å². The molecule has 2 unspecified atom stereocenters. The van der Waals surface area contributed by atoms with E-state index in [-0.39, 0.29) is 0 Å². The van der Waals surface area contributed by atoms with Crippen LogP contribution in [-0.4, -0.2) is 29.0 Å². The Morgan fingerprint density at radius 3 is 2.86 bits per heavy atom. The lowest BCUT2D eigenvalue weighted by Crippen LogP contribution is -2.46. The van der Waals surface area contributed by atoms with Gasteiger partial charge in [0.2, 0.25) is 0 Å². The van der Waals surface area contributed by atoms with E-state index in [9.17, 15) is 0 Å². The number of nitrogens with one attached hydrogen (secondary N) is 1. The van der Waals surface area contributed by atoms with Gasteiger partial charge < -0.3 is 5.32 Å². The Hall–Kier alpha value is -0.930. The predicted molar refractivity (Wildman–Crippen MR) is 87.0 cm³/mol. The zero-order chi connectivity index (χ0) is 14.5. The highest BCUT2D eigenvalue weighted by molar-refractivity contribution is 5.11. The molecule has 21 heavy (non-hydrogen) atoms. The van der Waals surface area contributed by atoms with Gasteiger partial charge in [-0.05, 0) is 56.8 Å². The van der Waals surface area contributed by atoms with Gasteiger partial charge in [-0.3, -0.25) is 9.88 Å². The summed E-state index contributed by atoms with van der Waals surface area (Å²) < 4.78 is 0. The summed E-state index contributed by atoms with van der Waals surface area (Å²) in [4.78, 5) is 7.55. The van der Waals surface area contributed by atoms with Gasteiger partial charge in [0.25, 0.3) is 0 Å². The van der Waals surface area contributed by atoms with E-state index >= 15 is 0 Å². The first-order valence-electron chi connectivity index (χ1n) is 8.76. The molecule has 1 aliphatic carbocycles. The lowest BCUT2D eigenvalue weighted by Gasteiger charge is -2.44. The second-order valence-electron chi connectivity index (χ2n) is 6.63. The van der Waals surface area contributed by atoms with Gasteiger partial charge in [-0.15, -0.1) is 0 Å². The Balaban J connectivity index is 1.64. The van der Waals surface area contributed by atoms with Crippen LogP contribution < -0.4 is 5.32 Å². The van der Waals surface area contributed by atoms with Crippen LogP contribution in [0.15, 0.2) is 18.2 Å². The Morgan fingerprint density at radius 2 is 1.95 bits per heavy atom. The van der Waals surface area contributed by atoms with Crippen LogP contribution in [0.4, 0.5) is 0 Å². The smallest absolute Gasteiger partial charge is 0.0547 e. The molecule has 0 aromatic carbocycles. The molecule has 2 heterocycles. The molecule has 0 amide bonds. The van der Waals surface area contributed by atoms with E-state index < -0.39 is 0 Å². The van der Waals surface area contributed by atoms with Crippen LogP contribution >= 0.6 is 0 Å². The molecule has 3 rings (SSSR count). The predicted octanol–water partition coefficient (Wildman–Crippen LogP) is 3.35. The van der Waals surface area contributed by atoms with Gasteiger partial charge in [0.1, 0.15) is 0 Å². The van der Waals surface area contributed by atoms with Crippen molar-refractivity contribution in [1.82, 2.24) is 15.2 Å². The molecule has 1 saturated heterocycles.